The summed E-state index contributed by atoms with van der Waals surface area (Å²) in [5.41, 5.74) is 4.02. The molecule has 12 nitrogen and oxygen atoms in total. The van der Waals surface area contributed by atoms with Crippen molar-refractivity contribution in [3.05, 3.63) is 88.0 Å². The van der Waals surface area contributed by atoms with Crippen LogP contribution in [0.15, 0.2) is 54.6 Å². The standard InChI is InChI=1S/C33H34N2O10/c1-15-27(36)21(34)12-23(43-15)45-22-14-33(42,16(2)44-32(41)35-17-8-4-3-5-9-17)13-20-24(22)31(40)26-25(30(20)39)28(37)18-10-6-7-11-19(18)29(26)38/h3-11,15-16,21-23,27,36,39-40,42H,12-14,34H2,1-2H3,(H,35,41)/t15?,16-,21?,22+,23?,27?,33+/m1/s1. The van der Waals surface area contributed by atoms with Gasteiger partial charge in [0.25, 0.3) is 0 Å². The number of aliphatic hydroxyl groups excluding tert-OH is 1. The molecule has 6 rings (SSSR count). The third-order valence-electron chi connectivity index (χ3n) is 8.93. The number of phenolic OH excluding ortho intramolecular Hbond substituents is 2. The summed E-state index contributed by atoms with van der Waals surface area (Å²) in [4.78, 5) is 39.9. The van der Waals surface area contributed by atoms with Crippen LogP contribution in [-0.4, -0.2) is 74.3 Å². The fraction of sp³-hybridized carbons (Fsp3) is 0.364. The van der Waals surface area contributed by atoms with E-state index < -0.39 is 71.5 Å². The van der Waals surface area contributed by atoms with Crippen LogP contribution in [-0.2, 0) is 20.6 Å². The molecule has 45 heavy (non-hydrogen) atoms. The summed E-state index contributed by atoms with van der Waals surface area (Å²) in [7, 11) is 0. The van der Waals surface area contributed by atoms with Crippen LogP contribution in [0.25, 0.3) is 0 Å². The molecule has 0 radical (unpaired) electrons. The summed E-state index contributed by atoms with van der Waals surface area (Å²) < 4.78 is 17.6. The molecule has 3 aromatic carbocycles. The van der Waals surface area contributed by atoms with Gasteiger partial charge >= 0.3 is 6.09 Å². The van der Waals surface area contributed by atoms with Gasteiger partial charge in [0.2, 0.25) is 0 Å². The summed E-state index contributed by atoms with van der Waals surface area (Å²) in [6, 6.07) is 13.9. The van der Waals surface area contributed by atoms with Crippen LogP contribution in [0.3, 0.4) is 0 Å². The van der Waals surface area contributed by atoms with Crippen molar-refractivity contribution in [1.82, 2.24) is 0 Å². The van der Waals surface area contributed by atoms with Gasteiger partial charge in [-0.25, -0.2) is 4.79 Å². The number of para-hydroxylation sites is 1. The molecule has 12 heteroatoms. The lowest BCUT2D eigenvalue weighted by Crippen LogP contribution is -2.53. The van der Waals surface area contributed by atoms with E-state index in [9.17, 15) is 34.8 Å². The highest BCUT2D eigenvalue weighted by Gasteiger charge is 2.50. The smallest absolute Gasteiger partial charge is 0.411 e. The van der Waals surface area contributed by atoms with E-state index in [4.69, 9.17) is 19.9 Å². The summed E-state index contributed by atoms with van der Waals surface area (Å²) in [5.74, 6) is -2.49. The van der Waals surface area contributed by atoms with Crippen molar-refractivity contribution >= 4 is 23.3 Å². The Labute approximate surface area is 258 Å². The number of anilines is 1. The van der Waals surface area contributed by atoms with Crippen LogP contribution in [0.1, 0.15) is 75.8 Å². The van der Waals surface area contributed by atoms with Crippen LogP contribution in [0.4, 0.5) is 10.5 Å². The zero-order valence-corrected chi connectivity index (χ0v) is 24.6. The topological polar surface area (TPSA) is 198 Å². The zero-order chi connectivity index (χ0) is 32.2. The molecule has 1 fully saturated rings. The van der Waals surface area contributed by atoms with Gasteiger partial charge in [-0.3, -0.25) is 14.9 Å². The van der Waals surface area contributed by atoms with Crippen LogP contribution in [0, 0.1) is 0 Å². The number of carbonyl (C=O) groups is 3. The lowest BCUT2D eigenvalue weighted by atomic mass is 9.71. The molecule has 0 spiro atoms. The molecule has 7 atom stereocenters. The molecule has 236 valence electrons. The van der Waals surface area contributed by atoms with Crippen molar-refractivity contribution in [1.29, 1.82) is 0 Å². The minimum absolute atomic E-state index is 0.00617. The molecule has 0 aromatic heterocycles. The largest absolute Gasteiger partial charge is 0.507 e. The van der Waals surface area contributed by atoms with Gasteiger partial charge in [-0.15, -0.1) is 0 Å². The van der Waals surface area contributed by atoms with Crippen LogP contribution in [0.5, 0.6) is 11.5 Å². The molecule has 1 heterocycles. The van der Waals surface area contributed by atoms with Gasteiger partial charge in [-0.05, 0) is 26.0 Å². The molecule has 0 saturated carbocycles. The molecule has 1 saturated heterocycles. The minimum atomic E-state index is -1.88. The summed E-state index contributed by atoms with van der Waals surface area (Å²) in [6.07, 6.45) is -6.49. The summed E-state index contributed by atoms with van der Waals surface area (Å²) >= 11 is 0. The Morgan fingerprint density at radius 2 is 1.62 bits per heavy atom. The maximum absolute atomic E-state index is 13.6. The van der Waals surface area contributed by atoms with E-state index in [-0.39, 0.29) is 52.6 Å². The Kier molecular flexibility index (Phi) is 7.88. The first kappa shape index (κ1) is 30.7. The van der Waals surface area contributed by atoms with E-state index in [0.717, 1.165) is 0 Å². The molecular formula is C33H34N2O10. The van der Waals surface area contributed by atoms with Gasteiger partial charge in [-0.1, -0.05) is 42.5 Å². The Hall–Kier alpha value is -4.33. The predicted octanol–water partition coefficient (Wildman–Crippen LogP) is 3.07. The maximum Gasteiger partial charge on any atom is 0.411 e. The quantitative estimate of drug-likeness (QED) is 0.180. The molecule has 3 aliphatic rings. The average Bonchev–Trinajstić information content (AvgIpc) is 3.00. The maximum atomic E-state index is 13.6. The Morgan fingerprint density at radius 1 is 1.02 bits per heavy atom. The van der Waals surface area contributed by atoms with Gasteiger partial charge in [0, 0.05) is 53.2 Å². The van der Waals surface area contributed by atoms with E-state index in [2.05, 4.69) is 5.32 Å². The molecule has 3 aromatic rings. The zero-order valence-electron chi connectivity index (χ0n) is 24.6. The number of hydrogen-bond donors (Lipinski definition) is 6. The first-order valence-corrected chi connectivity index (χ1v) is 14.7. The predicted molar refractivity (Wildman–Crippen MR) is 159 cm³/mol. The summed E-state index contributed by atoms with van der Waals surface area (Å²) in [5, 5.41) is 48.1. The SMILES string of the molecule is CC1OC(O[C@H]2C[C@](O)([C@@H](C)OC(=O)Nc3ccccc3)Cc3c(O)c4c(c(O)c32)C(=O)c2ccccc2C4=O)CC(N)C1O. The first-order valence-electron chi connectivity index (χ1n) is 14.7. The number of aromatic hydroxyl groups is 2. The second-order valence-electron chi connectivity index (χ2n) is 11.9. The number of aliphatic hydroxyl groups is 2. The molecular weight excluding hydrogens is 584 g/mol. The number of carbonyl (C=O) groups excluding carboxylic acids is 3. The molecule has 7 N–H and O–H groups in total. The highest BCUT2D eigenvalue weighted by molar-refractivity contribution is 6.30. The normalized spacial score (nSPS) is 28.0. The van der Waals surface area contributed by atoms with Crippen molar-refractivity contribution in [3.8, 4) is 11.5 Å². The van der Waals surface area contributed by atoms with E-state index in [1.165, 1.54) is 19.1 Å². The van der Waals surface area contributed by atoms with Gasteiger partial charge in [0.15, 0.2) is 17.9 Å². The summed E-state index contributed by atoms with van der Waals surface area (Å²) in [6.45, 7) is 3.09. The highest BCUT2D eigenvalue weighted by Crippen LogP contribution is 2.52. The molecule has 0 bridgehead atoms. The van der Waals surface area contributed by atoms with E-state index >= 15 is 0 Å². The average molecular weight is 619 g/mol. The number of amides is 1. The minimum Gasteiger partial charge on any atom is -0.507 e. The van der Waals surface area contributed by atoms with Crippen molar-refractivity contribution in [3.63, 3.8) is 0 Å². The number of nitrogens with two attached hydrogens (primary N) is 1. The number of ketones is 2. The Bertz CT molecular complexity index is 1670. The fourth-order valence-corrected chi connectivity index (χ4v) is 6.43. The van der Waals surface area contributed by atoms with Crippen LogP contribution >= 0.6 is 0 Å². The number of phenols is 2. The van der Waals surface area contributed by atoms with Crippen molar-refractivity contribution < 1.29 is 49.0 Å². The second kappa shape index (κ2) is 11.5. The molecule has 1 amide bonds. The van der Waals surface area contributed by atoms with E-state index in [0.29, 0.717) is 5.69 Å². The van der Waals surface area contributed by atoms with Gasteiger partial charge < -0.3 is 40.4 Å². The van der Waals surface area contributed by atoms with Crippen LogP contribution < -0.4 is 11.1 Å². The molecule has 2 aliphatic carbocycles. The molecule has 1 aliphatic heterocycles. The lowest BCUT2D eigenvalue weighted by molar-refractivity contribution is -0.250. The number of benzene rings is 3. The monoisotopic (exact) mass is 618 g/mol. The van der Waals surface area contributed by atoms with Crippen LogP contribution in [0.2, 0.25) is 0 Å². The van der Waals surface area contributed by atoms with Gasteiger partial charge in [0.1, 0.15) is 23.2 Å². The van der Waals surface area contributed by atoms with Gasteiger partial charge in [0.05, 0.1) is 29.4 Å². The third kappa shape index (κ3) is 5.34. The number of hydrogen-bond acceptors (Lipinski definition) is 11. The van der Waals surface area contributed by atoms with Crippen molar-refractivity contribution in [2.75, 3.05) is 5.32 Å². The fourth-order valence-electron chi connectivity index (χ4n) is 6.43. The number of fused-ring (bicyclic) bond motifs is 3. The third-order valence-corrected chi connectivity index (χ3v) is 8.93. The highest BCUT2D eigenvalue weighted by atomic mass is 16.7. The number of ether oxygens (including phenoxy) is 3. The van der Waals surface area contributed by atoms with Crippen molar-refractivity contribution in [2.24, 2.45) is 5.73 Å². The number of nitrogens with one attached hydrogen (secondary N) is 1. The first-order chi connectivity index (χ1) is 21.4. The molecule has 4 unspecified atom stereocenters. The Morgan fingerprint density at radius 3 is 2.24 bits per heavy atom. The van der Waals surface area contributed by atoms with E-state index in [1.807, 2.05) is 0 Å². The van der Waals surface area contributed by atoms with E-state index in [1.54, 1.807) is 49.4 Å². The second-order valence-corrected chi connectivity index (χ2v) is 11.9. The number of rotatable bonds is 5. The Balaban J connectivity index is 1.41. The van der Waals surface area contributed by atoms with Gasteiger partial charge in [-0.2, -0.15) is 0 Å². The van der Waals surface area contributed by atoms with Crippen molar-refractivity contribution in [2.45, 2.75) is 75.5 Å². The lowest BCUT2D eigenvalue weighted by Gasteiger charge is -2.44.